The Balaban J connectivity index is 2.37. The fraction of sp³-hybridized carbons (Fsp3) is 0.235. The van der Waals surface area contributed by atoms with Gasteiger partial charge in [0.2, 0.25) is 0 Å². The van der Waals surface area contributed by atoms with Crippen LogP contribution in [0.2, 0.25) is 0 Å². The smallest absolute Gasteiger partial charge is 0.293 e. The van der Waals surface area contributed by atoms with Crippen molar-refractivity contribution in [3.05, 3.63) is 52.9 Å². The average molecular weight is 295 g/mol. The molecule has 0 spiro atoms. The Morgan fingerprint density at radius 1 is 1.18 bits per heavy atom. The van der Waals surface area contributed by atoms with Crippen LogP contribution in [0.25, 0.3) is 22.2 Å². The maximum Gasteiger partial charge on any atom is 0.293 e. The first-order chi connectivity index (χ1) is 10.6. The summed E-state index contributed by atoms with van der Waals surface area (Å²) in [5.41, 5.74) is 1.89. The van der Waals surface area contributed by atoms with Crippen LogP contribution in [0.4, 0.5) is 0 Å². The molecule has 5 heteroatoms. The zero-order chi connectivity index (χ0) is 15.7. The number of aromatic nitrogens is 3. The summed E-state index contributed by atoms with van der Waals surface area (Å²) in [5.74, 6) is 0.749. The first-order valence-electron chi connectivity index (χ1n) is 7.14. The molecule has 0 aliphatic rings. The van der Waals surface area contributed by atoms with Gasteiger partial charge in [0.15, 0.2) is 0 Å². The van der Waals surface area contributed by atoms with Crippen molar-refractivity contribution in [2.45, 2.75) is 19.9 Å². The van der Waals surface area contributed by atoms with Gasteiger partial charge in [0.1, 0.15) is 17.0 Å². The molecule has 0 aliphatic carbocycles. The number of pyridine rings is 1. The second-order valence-electron chi connectivity index (χ2n) is 5.32. The third kappa shape index (κ3) is 2.35. The van der Waals surface area contributed by atoms with E-state index in [2.05, 4.69) is 10.1 Å². The van der Waals surface area contributed by atoms with Gasteiger partial charge < -0.3 is 4.74 Å². The molecule has 2 heterocycles. The third-order valence-electron chi connectivity index (χ3n) is 3.51. The Morgan fingerprint density at radius 2 is 2.00 bits per heavy atom. The number of hydrogen-bond acceptors (Lipinski definition) is 4. The van der Waals surface area contributed by atoms with Crippen LogP contribution in [-0.2, 0) is 0 Å². The molecule has 0 N–H and O–H groups in total. The number of nitrogens with zero attached hydrogens (tertiary/aromatic N) is 3. The first kappa shape index (κ1) is 14.3. The van der Waals surface area contributed by atoms with Gasteiger partial charge in [-0.15, -0.1) is 0 Å². The molecule has 112 valence electrons. The fourth-order valence-corrected chi connectivity index (χ4v) is 2.42. The van der Waals surface area contributed by atoms with E-state index in [1.54, 1.807) is 13.3 Å². The standard InChI is InChI=1S/C17H17N3O2/c1-11(2)20-17(21)16-14(8-5-9-18-16)15(19-20)12-6-4-7-13(10-12)22-3/h4-11H,1-3H3. The number of hydrogen-bond donors (Lipinski definition) is 0. The summed E-state index contributed by atoms with van der Waals surface area (Å²) >= 11 is 0. The van der Waals surface area contributed by atoms with Crippen LogP contribution in [0.1, 0.15) is 19.9 Å². The van der Waals surface area contributed by atoms with Gasteiger partial charge in [-0.3, -0.25) is 9.78 Å². The van der Waals surface area contributed by atoms with Gasteiger partial charge >= 0.3 is 0 Å². The van der Waals surface area contributed by atoms with E-state index in [1.165, 1.54) is 4.68 Å². The maximum absolute atomic E-state index is 12.5. The summed E-state index contributed by atoms with van der Waals surface area (Å²) in [4.78, 5) is 16.7. The van der Waals surface area contributed by atoms with Crippen molar-refractivity contribution in [3.63, 3.8) is 0 Å². The van der Waals surface area contributed by atoms with Gasteiger partial charge in [-0.05, 0) is 38.1 Å². The monoisotopic (exact) mass is 295 g/mol. The van der Waals surface area contributed by atoms with E-state index in [4.69, 9.17) is 4.74 Å². The molecule has 3 aromatic rings. The second kappa shape index (κ2) is 5.60. The minimum atomic E-state index is -0.169. The predicted octanol–water partition coefficient (Wildman–Crippen LogP) is 3.05. The lowest BCUT2D eigenvalue weighted by Crippen LogP contribution is -2.26. The SMILES string of the molecule is COc1cccc(-c2nn(C(C)C)c(=O)c3ncccc23)c1. The van der Waals surface area contributed by atoms with Crippen molar-refractivity contribution in [1.82, 2.24) is 14.8 Å². The molecule has 22 heavy (non-hydrogen) atoms. The summed E-state index contributed by atoms with van der Waals surface area (Å²) in [7, 11) is 1.63. The van der Waals surface area contributed by atoms with Gasteiger partial charge in [-0.2, -0.15) is 5.10 Å². The lowest BCUT2D eigenvalue weighted by atomic mass is 10.1. The van der Waals surface area contributed by atoms with E-state index < -0.39 is 0 Å². The van der Waals surface area contributed by atoms with E-state index >= 15 is 0 Å². The molecule has 0 aliphatic heterocycles. The number of benzene rings is 1. The summed E-state index contributed by atoms with van der Waals surface area (Å²) in [6, 6.07) is 11.3. The normalized spacial score (nSPS) is 11.1. The van der Waals surface area contributed by atoms with Gasteiger partial charge in [0, 0.05) is 17.1 Å². The molecule has 2 aromatic heterocycles. The summed E-state index contributed by atoms with van der Waals surface area (Å²) < 4.78 is 6.75. The Labute approximate surface area is 128 Å². The molecular weight excluding hydrogens is 278 g/mol. The van der Waals surface area contributed by atoms with Crippen molar-refractivity contribution in [3.8, 4) is 17.0 Å². The molecule has 5 nitrogen and oxygen atoms in total. The van der Waals surface area contributed by atoms with Crippen LogP contribution in [-0.4, -0.2) is 21.9 Å². The van der Waals surface area contributed by atoms with Crippen LogP contribution in [0.15, 0.2) is 47.4 Å². The van der Waals surface area contributed by atoms with Crippen molar-refractivity contribution >= 4 is 10.9 Å². The second-order valence-corrected chi connectivity index (χ2v) is 5.32. The van der Waals surface area contributed by atoms with Crippen LogP contribution >= 0.6 is 0 Å². The topological polar surface area (TPSA) is 57.0 Å². The molecule has 0 saturated carbocycles. The third-order valence-corrected chi connectivity index (χ3v) is 3.51. The lowest BCUT2D eigenvalue weighted by Gasteiger charge is -2.13. The van der Waals surface area contributed by atoms with Gasteiger partial charge in [-0.25, -0.2) is 4.68 Å². The highest BCUT2D eigenvalue weighted by Crippen LogP contribution is 2.27. The van der Waals surface area contributed by atoms with E-state index in [9.17, 15) is 4.79 Å². The van der Waals surface area contributed by atoms with Crippen molar-refractivity contribution in [1.29, 1.82) is 0 Å². The van der Waals surface area contributed by atoms with Crippen molar-refractivity contribution in [2.24, 2.45) is 0 Å². The van der Waals surface area contributed by atoms with E-state index in [0.29, 0.717) is 5.52 Å². The zero-order valence-corrected chi connectivity index (χ0v) is 12.8. The van der Waals surface area contributed by atoms with Crippen LogP contribution < -0.4 is 10.3 Å². The lowest BCUT2D eigenvalue weighted by molar-refractivity contribution is 0.415. The van der Waals surface area contributed by atoms with Gasteiger partial charge in [0.25, 0.3) is 5.56 Å². The fourth-order valence-electron chi connectivity index (χ4n) is 2.42. The highest BCUT2D eigenvalue weighted by molar-refractivity contribution is 5.91. The van der Waals surface area contributed by atoms with E-state index in [-0.39, 0.29) is 11.6 Å². The Bertz CT molecular complexity index is 884. The average Bonchev–Trinajstić information content (AvgIpc) is 2.55. The largest absolute Gasteiger partial charge is 0.497 e. The van der Waals surface area contributed by atoms with E-state index in [0.717, 1.165) is 22.4 Å². The van der Waals surface area contributed by atoms with Gasteiger partial charge in [-0.1, -0.05) is 12.1 Å². The minimum Gasteiger partial charge on any atom is -0.497 e. The Morgan fingerprint density at radius 3 is 2.73 bits per heavy atom. The maximum atomic E-state index is 12.5. The highest BCUT2D eigenvalue weighted by atomic mass is 16.5. The molecule has 0 bridgehead atoms. The predicted molar refractivity (Wildman–Crippen MR) is 86.2 cm³/mol. The quantitative estimate of drug-likeness (QED) is 0.745. The molecule has 0 radical (unpaired) electrons. The van der Waals surface area contributed by atoms with Crippen molar-refractivity contribution in [2.75, 3.05) is 7.11 Å². The number of fused-ring (bicyclic) bond motifs is 1. The molecule has 0 amide bonds. The minimum absolute atomic E-state index is 0.0386. The summed E-state index contributed by atoms with van der Waals surface area (Å²) in [6.45, 7) is 3.86. The van der Waals surface area contributed by atoms with Crippen LogP contribution in [0.5, 0.6) is 5.75 Å². The zero-order valence-electron chi connectivity index (χ0n) is 12.8. The molecule has 0 unspecified atom stereocenters. The number of methoxy groups -OCH3 is 1. The number of ether oxygens (including phenoxy) is 1. The van der Waals surface area contributed by atoms with Gasteiger partial charge in [0.05, 0.1) is 13.2 Å². The van der Waals surface area contributed by atoms with E-state index in [1.807, 2.05) is 50.2 Å². The summed E-state index contributed by atoms with van der Waals surface area (Å²) in [6.07, 6.45) is 1.63. The number of rotatable bonds is 3. The molecule has 3 rings (SSSR count). The molecule has 0 saturated heterocycles. The molecule has 0 fully saturated rings. The highest BCUT2D eigenvalue weighted by Gasteiger charge is 2.14. The first-order valence-corrected chi connectivity index (χ1v) is 7.14. The Hall–Kier alpha value is -2.69. The molecule has 1 aromatic carbocycles. The van der Waals surface area contributed by atoms with Crippen LogP contribution in [0, 0.1) is 0 Å². The summed E-state index contributed by atoms with van der Waals surface area (Å²) in [5, 5.41) is 5.30. The van der Waals surface area contributed by atoms with Crippen molar-refractivity contribution < 1.29 is 4.74 Å². The Kier molecular flexibility index (Phi) is 3.63. The van der Waals surface area contributed by atoms with Crippen LogP contribution in [0.3, 0.4) is 0 Å². The molecule has 0 atom stereocenters. The molecular formula is C17H17N3O2.